The minimum Gasteiger partial charge on any atom is -0.0622 e. The Morgan fingerprint density at radius 1 is 0.517 bits per heavy atom. The molecule has 0 nitrogen and oxygen atoms in total. The average Bonchev–Trinajstić information content (AvgIpc) is 3.08. The lowest BCUT2D eigenvalue weighted by molar-refractivity contribution is 0.581. The SMILES string of the molecule is CC(C)(C)c1ccccc1C1c2ccccc2-c2cccc(-c3ccccc3)c21. The first-order valence-electron chi connectivity index (χ1n) is 10.4. The van der Waals surface area contributed by atoms with Crippen molar-refractivity contribution in [3.8, 4) is 22.3 Å². The highest BCUT2D eigenvalue weighted by Gasteiger charge is 2.34. The summed E-state index contributed by atoms with van der Waals surface area (Å²) in [5.41, 5.74) is 11.2. The molecule has 4 aromatic carbocycles. The van der Waals surface area contributed by atoms with Gasteiger partial charge in [0.2, 0.25) is 0 Å². The normalized spacial score (nSPS) is 15.1. The van der Waals surface area contributed by atoms with Crippen LogP contribution in [0.2, 0.25) is 0 Å². The van der Waals surface area contributed by atoms with E-state index in [2.05, 4.69) is 118 Å². The van der Waals surface area contributed by atoms with Crippen molar-refractivity contribution >= 4 is 0 Å². The summed E-state index contributed by atoms with van der Waals surface area (Å²) in [6, 6.07) is 35.5. The Balaban J connectivity index is 1.84. The lowest BCUT2D eigenvalue weighted by Gasteiger charge is -2.27. The fourth-order valence-electron chi connectivity index (χ4n) is 4.88. The second-order valence-corrected chi connectivity index (χ2v) is 8.99. The van der Waals surface area contributed by atoms with Crippen LogP contribution < -0.4 is 0 Å². The van der Waals surface area contributed by atoms with Gasteiger partial charge in [-0.1, -0.05) is 118 Å². The molecule has 4 aromatic rings. The standard InChI is InChI=1S/C29H26/c1-29(2,3)26-19-10-9-16-25(26)28-23-15-8-7-14-22(23)24-18-11-17-21(27(24)28)20-12-5-4-6-13-20/h4-19,28H,1-3H3. The fraction of sp³-hybridized carbons (Fsp3) is 0.172. The molecule has 0 amide bonds. The van der Waals surface area contributed by atoms with Gasteiger partial charge in [-0.2, -0.15) is 0 Å². The molecule has 0 spiro atoms. The number of benzene rings is 4. The van der Waals surface area contributed by atoms with Gasteiger partial charge >= 0.3 is 0 Å². The second kappa shape index (κ2) is 6.74. The van der Waals surface area contributed by atoms with E-state index in [1.165, 1.54) is 44.5 Å². The van der Waals surface area contributed by atoms with E-state index in [1.54, 1.807) is 0 Å². The molecule has 1 atom stereocenters. The van der Waals surface area contributed by atoms with Crippen molar-refractivity contribution in [3.63, 3.8) is 0 Å². The van der Waals surface area contributed by atoms with Gasteiger partial charge in [-0.3, -0.25) is 0 Å². The van der Waals surface area contributed by atoms with Gasteiger partial charge < -0.3 is 0 Å². The molecular formula is C29H26. The molecular weight excluding hydrogens is 348 g/mol. The van der Waals surface area contributed by atoms with Crippen LogP contribution in [0, 0.1) is 0 Å². The highest BCUT2D eigenvalue weighted by Crippen LogP contribution is 2.52. The van der Waals surface area contributed by atoms with Crippen LogP contribution in [-0.2, 0) is 5.41 Å². The van der Waals surface area contributed by atoms with Gasteiger partial charge in [0.15, 0.2) is 0 Å². The molecule has 0 radical (unpaired) electrons. The third kappa shape index (κ3) is 2.91. The Bertz CT molecular complexity index is 1180. The van der Waals surface area contributed by atoms with E-state index in [9.17, 15) is 0 Å². The van der Waals surface area contributed by atoms with Gasteiger partial charge in [-0.15, -0.1) is 0 Å². The maximum Gasteiger partial charge on any atom is 0.0361 e. The number of rotatable bonds is 2. The summed E-state index contributed by atoms with van der Waals surface area (Å²) in [6.07, 6.45) is 0. The molecule has 1 unspecified atom stereocenters. The van der Waals surface area contributed by atoms with Crippen molar-refractivity contribution in [1.29, 1.82) is 0 Å². The second-order valence-electron chi connectivity index (χ2n) is 8.99. The highest BCUT2D eigenvalue weighted by atomic mass is 14.4. The molecule has 0 saturated heterocycles. The third-order valence-corrected chi connectivity index (χ3v) is 6.12. The number of fused-ring (bicyclic) bond motifs is 3. The molecule has 0 N–H and O–H groups in total. The summed E-state index contributed by atoms with van der Waals surface area (Å²) in [5.74, 6) is 0.257. The Labute approximate surface area is 173 Å². The van der Waals surface area contributed by atoms with E-state index in [0.717, 1.165) is 0 Å². The molecule has 0 aliphatic heterocycles. The van der Waals surface area contributed by atoms with E-state index in [4.69, 9.17) is 0 Å². The summed E-state index contributed by atoms with van der Waals surface area (Å²) in [5, 5.41) is 0. The zero-order chi connectivity index (χ0) is 20.0. The minimum atomic E-state index is 0.0932. The monoisotopic (exact) mass is 374 g/mol. The lowest BCUT2D eigenvalue weighted by Crippen LogP contribution is -2.16. The molecule has 0 bridgehead atoms. The Morgan fingerprint density at radius 2 is 1.10 bits per heavy atom. The van der Waals surface area contributed by atoms with Gasteiger partial charge in [0, 0.05) is 5.92 Å². The molecule has 0 fully saturated rings. The Kier molecular flexibility index (Phi) is 4.17. The van der Waals surface area contributed by atoms with Crippen LogP contribution in [0.25, 0.3) is 22.3 Å². The first-order chi connectivity index (χ1) is 14.1. The van der Waals surface area contributed by atoms with E-state index in [-0.39, 0.29) is 11.3 Å². The van der Waals surface area contributed by atoms with Crippen molar-refractivity contribution in [2.24, 2.45) is 0 Å². The summed E-state index contributed by atoms with van der Waals surface area (Å²) < 4.78 is 0. The zero-order valence-electron chi connectivity index (χ0n) is 17.3. The van der Waals surface area contributed by atoms with Crippen LogP contribution in [-0.4, -0.2) is 0 Å². The largest absolute Gasteiger partial charge is 0.0622 e. The maximum absolute atomic E-state index is 2.33. The van der Waals surface area contributed by atoms with Crippen molar-refractivity contribution in [2.75, 3.05) is 0 Å². The highest BCUT2D eigenvalue weighted by molar-refractivity contribution is 5.88. The summed E-state index contributed by atoms with van der Waals surface area (Å²) in [6.45, 7) is 6.95. The molecule has 0 heterocycles. The predicted molar refractivity (Wildman–Crippen MR) is 123 cm³/mol. The molecule has 1 aliphatic rings. The molecule has 5 rings (SSSR count). The quantitative estimate of drug-likeness (QED) is 0.295. The lowest BCUT2D eigenvalue weighted by atomic mass is 9.76. The van der Waals surface area contributed by atoms with Crippen LogP contribution >= 0.6 is 0 Å². The van der Waals surface area contributed by atoms with Gasteiger partial charge in [-0.05, 0) is 49.9 Å². The molecule has 0 aromatic heterocycles. The van der Waals surface area contributed by atoms with Crippen LogP contribution in [0.4, 0.5) is 0 Å². The van der Waals surface area contributed by atoms with Gasteiger partial charge in [0.1, 0.15) is 0 Å². The van der Waals surface area contributed by atoms with Crippen molar-refractivity contribution in [2.45, 2.75) is 32.1 Å². The van der Waals surface area contributed by atoms with Crippen molar-refractivity contribution in [3.05, 3.63) is 119 Å². The van der Waals surface area contributed by atoms with Crippen LogP contribution in [0.5, 0.6) is 0 Å². The average molecular weight is 375 g/mol. The number of hydrogen-bond donors (Lipinski definition) is 0. The molecule has 29 heavy (non-hydrogen) atoms. The van der Waals surface area contributed by atoms with Crippen LogP contribution in [0.3, 0.4) is 0 Å². The molecule has 0 heteroatoms. The summed E-state index contributed by atoms with van der Waals surface area (Å²) in [4.78, 5) is 0. The molecule has 142 valence electrons. The predicted octanol–water partition coefficient (Wildman–Crippen LogP) is 7.81. The van der Waals surface area contributed by atoms with Crippen LogP contribution in [0.1, 0.15) is 48.9 Å². The van der Waals surface area contributed by atoms with Crippen molar-refractivity contribution < 1.29 is 0 Å². The van der Waals surface area contributed by atoms with Gasteiger partial charge in [0.05, 0.1) is 0 Å². The Morgan fingerprint density at radius 3 is 1.86 bits per heavy atom. The zero-order valence-corrected chi connectivity index (χ0v) is 17.3. The topological polar surface area (TPSA) is 0 Å². The van der Waals surface area contributed by atoms with E-state index < -0.39 is 0 Å². The first-order valence-corrected chi connectivity index (χ1v) is 10.4. The maximum atomic E-state index is 2.33. The van der Waals surface area contributed by atoms with Crippen LogP contribution in [0.15, 0.2) is 97.1 Å². The summed E-state index contributed by atoms with van der Waals surface area (Å²) >= 11 is 0. The molecule has 0 saturated carbocycles. The van der Waals surface area contributed by atoms with E-state index >= 15 is 0 Å². The van der Waals surface area contributed by atoms with Crippen molar-refractivity contribution in [1.82, 2.24) is 0 Å². The minimum absolute atomic E-state index is 0.0932. The Hall–Kier alpha value is -3.12. The van der Waals surface area contributed by atoms with E-state index in [0.29, 0.717) is 0 Å². The van der Waals surface area contributed by atoms with Gasteiger partial charge in [-0.25, -0.2) is 0 Å². The molecule has 1 aliphatic carbocycles. The number of hydrogen-bond acceptors (Lipinski definition) is 0. The van der Waals surface area contributed by atoms with Gasteiger partial charge in [0.25, 0.3) is 0 Å². The summed E-state index contributed by atoms with van der Waals surface area (Å²) in [7, 11) is 0. The third-order valence-electron chi connectivity index (χ3n) is 6.12. The fourth-order valence-corrected chi connectivity index (χ4v) is 4.88. The first kappa shape index (κ1) is 17.9. The van der Waals surface area contributed by atoms with E-state index in [1.807, 2.05) is 0 Å². The smallest absolute Gasteiger partial charge is 0.0361 e.